The second-order valence-corrected chi connectivity index (χ2v) is 7.23. The van der Waals surface area contributed by atoms with Crippen LogP contribution in [-0.2, 0) is 4.79 Å². The third kappa shape index (κ3) is 4.13. The Labute approximate surface area is 160 Å². The second-order valence-electron chi connectivity index (χ2n) is 7.23. The third-order valence-corrected chi connectivity index (χ3v) is 4.56. The Morgan fingerprint density at radius 1 is 1.07 bits per heavy atom. The molecule has 5 heteroatoms. The monoisotopic (exact) mass is 365 g/mol. The van der Waals surface area contributed by atoms with Crippen LogP contribution in [0.1, 0.15) is 51.2 Å². The van der Waals surface area contributed by atoms with Crippen molar-refractivity contribution in [2.24, 2.45) is 0 Å². The summed E-state index contributed by atoms with van der Waals surface area (Å²) in [7, 11) is 0. The van der Waals surface area contributed by atoms with Gasteiger partial charge in [0, 0.05) is 6.04 Å². The molecule has 0 aliphatic rings. The van der Waals surface area contributed by atoms with Crippen molar-refractivity contribution in [3.63, 3.8) is 0 Å². The van der Waals surface area contributed by atoms with Crippen molar-refractivity contribution < 1.29 is 9.53 Å². The van der Waals surface area contributed by atoms with Gasteiger partial charge in [0.05, 0.1) is 17.1 Å². The lowest BCUT2D eigenvalue weighted by Gasteiger charge is -2.21. The number of carbonyl (C=O) groups excluding carboxylic acids is 1. The summed E-state index contributed by atoms with van der Waals surface area (Å²) in [6, 6.07) is 15.8. The lowest BCUT2D eigenvalue weighted by atomic mass is 10.2. The smallest absolute Gasteiger partial charge is 0.261 e. The minimum Gasteiger partial charge on any atom is -0.481 e. The van der Waals surface area contributed by atoms with Crippen LogP contribution in [0.5, 0.6) is 5.75 Å². The van der Waals surface area contributed by atoms with E-state index in [-0.39, 0.29) is 18.0 Å². The van der Waals surface area contributed by atoms with E-state index >= 15 is 0 Å². The summed E-state index contributed by atoms with van der Waals surface area (Å²) in [6.07, 6.45) is -0.592. The summed E-state index contributed by atoms with van der Waals surface area (Å²) in [6.45, 7) is 9.95. The van der Waals surface area contributed by atoms with Crippen LogP contribution in [0.2, 0.25) is 0 Å². The zero-order valence-corrected chi connectivity index (χ0v) is 16.6. The van der Waals surface area contributed by atoms with Crippen LogP contribution in [0.3, 0.4) is 0 Å². The molecule has 1 amide bonds. The largest absolute Gasteiger partial charge is 0.481 e. The predicted octanol–water partition coefficient (Wildman–Crippen LogP) is 4.57. The SMILES string of the molecule is Cc1cccc(O[C@@H](C)C(=O)N[C@@H](C)c2nc3ccccc3n2C(C)C)c1. The summed E-state index contributed by atoms with van der Waals surface area (Å²) in [5.41, 5.74) is 3.11. The molecule has 2 aromatic carbocycles. The molecule has 1 aromatic heterocycles. The summed E-state index contributed by atoms with van der Waals surface area (Å²) in [5.74, 6) is 1.38. The summed E-state index contributed by atoms with van der Waals surface area (Å²) >= 11 is 0. The first-order valence-corrected chi connectivity index (χ1v) is 9.37. The fraction of sp³-hybridized carbons (Fsp3) is 0.364. The minimum absolute atomic E-state index is 0.161. The number of rotatable bonds is 6. The average molecular weight is 365 g/mol. The Balaban J connectivity index is 1.76. The highest BCUT2D eigenvalue weighted by molar-refractivity contribution is 5.81. The number of nitrogens with one attached hydrogen (secondary N) is 1. The van der Waals surface area contributed by atoms with E-state index in [9.17, 15) is 4.79 Å². The number of para-hydroxylation sites is 2. The maximum Gasteiger partial charge on any atom is 0.261 e. The van der Waals surface area contributed by atoms with E-state index < -0.39 is 6.10 Å². The molecule has 142 valence electrons. The Morgan fingerprint density at radius 3 is 2.52 bits per heavy atom. The highest BCUT2D eigenvalue weighted by atomic mass is 16.5. The number of hydrogen-bond acceptors (Lipinski definition) is 3. The molecule has 3 rings (SSSR count). The molecule has 0 fully saturated rings. The fourth-order valence-electron chi connectivity index (χ4n) is 3.25. The number of nitrogens with zero attached hydrogens (tertiary/aromatic N) is 2. The van der Waals surface area contributed by atoms with Gasteiger partial charge < -0.3 is 14.6 Å². The van der Waals surface area contributed by atoms with Crippen molar-refractivity contribution in [2.45, 2.75) is 52.8 Å². The number of carbonyl (C=O) groups is 1. The Morgan fingerprint density at radius 2 is 1.81 bits per heavy atom. The first-order chi connectivity index (χ1) is 12.9. The maximum atomic E-state index is 12.6. The van der Waals surface area contributed by atoms with Gasteiger partial charge >= 0.3 is 0 Å². The Hall–Kier alpha value is -2.82. The molecule has 5 nitrogen and oxygen atoms in total. The highest BCUT2D eigenvalue weighted by Gasteiger charge is 2.23. The molecule has 1 N–H and O–H groups in total. The van der Waals surface area contributed by atoms with Gasteiger partial charge in [0.2, 0.25) is 0 Å². The van der Waals surface area contributed by atoms with E-state index in [1.54, 1.807) is 6.92 Å². The number of imidazole rings is 1. The zero-order valence-electron chi connectivity index (χ0n) is 16.6. The van der Waals surface area contributed by atoms with Gasteiger partial charge in [0.1, 0.15) is 11.6 Å². The predicted molar refractivity (Wildman–Crippen MR) is 108 cm³/mol. The standard InChI is InChI=1S/C22H27N3O2/c1-14(2)25-20-12-7-6-11-19(20)24-21(25)16(4)23-22(26)17(5)27-18-10-8-9-15(3)13-18/h6-14,16-17H,1-5H3,(H,23,26)/t16-,17-/m0/s1. The van der Waals surface area contributed by atoms with Crippen LogP contribution in [0, 0.1) is 6.92 Å². The van der Waals surface area contributed by atoms with Gasteiger partial charge in [-0.05, 0) is 64.4 Å². The molecular weight excluding hydrogens is 338 g/mol. The topological polar surface area (TPSA) is 56.1 Å². The van der Waals surface area contributed by atoms with Gasteiger partial charge in [0.15, 0.2) is 6.10 Å². The van der Waals surface area contributed by atoms with Crippen molar-refractivity contribution in [2.75, 3.05) is 0 Å². The van der Waals surface area contributed by atoms with E-state index in [1.807, 2.05) is 56.3 Å². The van der Waals surface area contributed by atoms with Crippen molar-refractivity contribution in [1.29, 1.82) is 0 Å². The molecule has 0 aliphatic heterocycles. The normalized spacial score (nSPS) is 13.6. The van der Waals surface area contributed by atoms with Gasteiger partial charge in [-0.25, -0.2) is 4.98 Å². The van der Waals surface area contributed by atoms with Crippen LogP contribution in [0.15, 0.2) is 48.5 Å². The van der Waals surface area contributed by atoms with Gasteiger partial charge in [-0.15, -0.1) is 0 Å². The third-order valence-electron chi connectivity index (χ3n) is 4.56. The molecule has 2 atom stereocenters. The van der Waals surface area contributed by atoms with Crippen LogP contribution < -0.4 is 10.1 Å². The molecule has 0 saturated heterocycles. The van der Waals surface area contributed by atoms with Crippen LogP contribution in [0.4, 0.5) is 0 Å². The lowest BCUT2D eigenvalue weighted by Crippen LogP contribution is -2.38. The molecule has 0 bridgehead atoms. The van der Waals surface area contributed by atoms with Gasteiger partial charge in [0.25, 0.3) is 5.91 Å². The average Bonchev–Trinajstić information content (AvgIpc) is 3.01. The minimum atomic E-state index is -0.592. The maximum absolute atomic E-state index is 12.6. The van der Waals surface area contributed by atoms with Crippen molar-refractivity contribution in [1.82, 2.24) is 14.9 Å². The number of fused-ring (bicyclic) bond motifs is 1. The van der Waals surface area contributed by atoms with E-state index in [0.717, 1.165) is 22.4 Å². The van der Waals surface area contributed by atoms with Gasteiger partial charge in [-0.3, -0.25) is 4.79 Å². The van der Waals surface area contributed by atoms with E-state index in [0.29, 0.717) is 5.75 Å². The number of aryl methyl sites for hydroxylation is 1. The zero-order chi connectivity index (χ0) is 19.6. The molecule has 0 aliphatic carbocycles. The molecule has 0 radical (unpaired) electrons. The number of aromatic nitrogens is 2. The highest BCUT2D eigenvalue weighted by Crippen LogP contribution is 2.25. The molecule has 0 unspecified atom stereocenters. The van der Waals surface area contributed by atoms with Crippen molar-refractivity contribution in [3.05, 3.63) is 59.9 Å². The number of amides is 1. The van der Waals surface area contributed by atoms with Crippen molar-refractivity contribution >= 4 is 16.9 Å². The fourth-order valence-corrected chi connectivity index (χ4v) is 3.25. The summed E-state index contributed by atoms with van der Waals surface area (Å²) in [4.78, 5) is 17.4. The molecular formula is C22H27N3O2. The Bertz CT molecular complexity index is 946. The number of benzene rings is 2. The molecule has 0 saturated carbocycles. The first kappa shape index (κ1) is 19.0. The van der Waals surface area contributed by atoms with E-state index in [2.05, 4.69) is 29.8 Å². The second kappa shape index (κ2) is 7.82. The van der Waals surface area contributed by atoms with Crippen LogP contribution in [-0.4, -0.2) is 21.6 Å². The molecule has 3 aromatic rings. The first-order valence-electron chi connectivity index (χ1n) is 9.37. The number of ether oxygens (including phenoxy) is 1. The van der Waals surface area contributed by atoms with E-state index in [1.165, 1.54) is 0 Å². The molecule has 1 heterocycles. The van der Waals surface area contributed by atoms with Crippen LogP contribution >= 0.6 is 0 Å². The number of hydrogen-bond donors (Lipinski definition) is 1. The van der Waals surface area contributed by atoms with Crippen LogP contribution in [0.25, 0.3) is 11.0 Å². The lowest BCUT2D eigenvalue weighted by molar-refractivity contribution is -0.128. The Kier molecular flexibility index (Phi) is 5.49. The molecule has 27 heavy (non-hydrogen) atoms. The summed E-state index contributed by atoms with van der Waals surface area (Å²) in [5, 5.41) is 3.04. The van der Waals surface area contributed by atoms with Gasteiger partial charge in [-0.1, -0.05) is 24.3 Å². The van der Waals surface area contributed by atoms with Crippen molar-refractivity contribution in [3.8, 4) is 5.75 Å². The van der Waals surface area contributed by atoms with Gasteiger partial charge in [-0.2, -0.15) is 0 Å². The quantitative estimate of drug-likeness (QED) is 0.696. The van der Waals surface area contributed by atoms with E-state index in [4.69, 9.17) is 9.72 Å². The molecule has 0 spiro atoms. The summed E-state index contributed by atoms with van der Waals surface area (Å²) < 4.78 is 7.96.